The number of carbonyl (C=O) groups is 4. The number of hydrogen-bond donors (Lipinski definition) is 4. The third-order valence-electron chi connectivity index (χ3n) is 10.1. The molecule has 51 heavy (non-hydrogen) atoms. The zero-order valence-electron chi connectivity index (χ0n) is 31.7. The second-order valence-electron chi connectivity index (χ2n) is 14.4. The second-order valence-corrected chi connectivity index (χ2v) is 14.4. The van der Waals surface area contributed by atoms with Gasteiger partial charge in [0.2, 0.25) is 17.7 Å². The second kappa shape index (κ2) is 20.7. The minimum atomic E-state index is -0.933. The molecule has 3 aliphatic rings. The Labute approximate surface area is 303 Å². The Hall–Kier alpha value is -3.26. The third kappa shape index (κ3) is 13.7. The maximum atomic E-state index is 12.7. The molecular formula is C38H62N4O9. The van der Waals surface area contributed by atoms with E-state index in [1.165, 1.54) is 6.08 Å². The van der Waals surface area contributed by atoms with Gasteiger partial charge < -0.3 is 44.9 Å². The maximum absolute atomic E-state index is 12.7. The van der Waals surface area contributed by atoms with Crippen LogP contribution in [0.25, 0.3) is 0 Å². The molecule has 0 spiro atoms. The molecule has 0 aromatic rings. The van der Waals surface area contributed by atoms with Crippen molar-refractivity contribution in [2.75, 3.05) is 33.3 Å². The summed E-state index contributed by atoms with van der Waals surface area (Å²) in [7, 11) is 1.55. The van der Waals surface area contributed by atoms with Gasteiger partial charge in [-0.05, 0) is 71.8 Å². The molecule has 13 heteroatoms. The first-order chi connectivity index (χ1) is 24.2. The highest BCUT2D eigenvalue weighted by Gasteiger charge is 2.46. The molecule has 0 saturated carbocycles. The van der Waals surface area contributed by atoms with Gasteiger partial charge in [0.25, 0.3) is 0 Å². The molecule has 0 unspecified atom stereocenters. The average Bonchev–Trinajstić information content (AvgIpc) is 3.11. The number of amides is 4. The largest absolute Gasteiger partial charge is 0.442 e. The van der Waals surface area contributed by atoms with E-state index in [4.69, 9.17) is 18.9 Å². The number of piperidine rings is 1. The Morgan fingerprint density at radius 1 is 1.04 bits per heavy atom. The smallest absolute Gasteiger partial charge is 0.410 e. The lowest BCUT2D eigenvalue weighted by atomic mass is 9.84. The Balaban J connectivity index is 1.47. The van der Waals surface area contributed by atoms with Crippen LogP contribution in [0.1, 0.15) is 92.9 Å². The summed E-state index contributed by atoms with van der Waals surface area (Å²) in [6.45, 7) is 13.5. The van der Waals surface area contributed by atoms with E-state index in [-0.39, 0.29) is 54.4 Å². The quantitative estimate of drug-likeness (QED) is 0.112. The average molecular weight is 719 g/mol. The maximum Gasteiger partial charge on any atom is 0.410 e. The predicted octanol–water partition coefficient (Wildman–Crippen LogP) is 3.70. The SMILES string of the molecule is CCC(=O)NCCNC(=O)C[C@@H]1C[C@](C)(OC)[C@H](O)[C@@H](/C=C/C(C)=C/C[C@@H]2O[C@H](C)[C@H](NC(=O)/C=C\[C@H](C)OC(=O)N3CCCCC3)C[C@@H]2C)O1. The van der Waals surface area contributed by atoms with Crippen molar-refractivity contribution in [1.29, 1.82) is 0 Å². The van der Waals surface area contributed by atoms with Gasteiger partial charge in [-0.2, -0.15) is 0 Å². The molecule has 4 N–H and O–H groups in total. The van der Waals surface area contributed by atoms with E-state index in [1.54, 1.807) is 38.0 Å². The number of allylic oxidation sites excluding steroid dienone is 2. The number of likely N-dealkylation sites (tertiary alicyclic amines) is 1. The Kier molecular flexibility index (Phi) is 17.1. The molecule has 3 heterocycles. The number of hydrogen-bond acceptors (Lipinski definition) is 9. The number of rotatable bonds is 15. The summed E-state index contributed by atoms with van der Waals surface area (Å²) in [6.07, 6.45) is 11.0. The van der Waals surface area contributed by atoms with Gasteiger partial charge in [0.15, 0.2) is 0 Å². The summed E-state index contributed by atoms with van der Waals surface area (Å²) in [5.74, 6) is -0.332. The van der Waals surface area contributed by atoms with Gasteiger partial charge in [-0.1, -0.05) is 37.6 Å². The zero-order valence-corrected chi connectivity index (χ0v) is 31.7. The first-order valence-corrected chi connectivity index (χ1v) is 18.6. The minimum absolute atomic E-state index is 0.0345. The number of nitrogens with one attached hydrogen (secondary N) is 3. The molecule has 3 aliphatic heterocycles. The summed E-state index contributed by atoms with van der Waals surface area (Å²) >= 11 is 0. The fraction of sp³-hybridized carbons (Fsp3) is 0.737. The van der Waals surface area contributed by atoms with Crippen molar-refractivity contribution in [2.45, 2.75) is 141 Å². The highest BCUT2D eigenvalue weighted by molar-refractivity contribution is 5.87. The van der Waals surface area contributed by atoms with Gasteiger partial charge >= 0.3 is 6.09 Å². The molecule has 3 rings (SSSR count). The van der Waals surface area contributed by atoms with Crippen molar-refractivity contribution in [1.82, 2.24) is 20.9 Å². The Bertz CT molecular complexity index is 1250. The zero-order chi connectivity index (χ0) is 37.6. The molecular weight excluding hydrogens is 656 g/mol. The molecule has 13 nitrogen and oxygen atoms in total. The van der Waals surface area contributed by atoms with Gasteiger partial charge in [0.05, 0.1) is 36.4 Å². The van der Waals surface area contributed by atoms with Crippen LogP contribution >= 0.6 is 0 Å². The lowest BCUT2D eigenvalue weighted by molar-refractivity contribution is -0.207. The van der Waals surface area contributed by atoms with E-state index in [0.717, 1.165) is 31.3 Å². The van der Waals surface area contributed by atoms with E-state index in [1.807, 2.05) is 26.8 Å². The molecule has 288 valence electrons. The Morgan fingerprint density at radius 3 is 2.39 bits per heavy atom. The highest BCUT2D eigenvalue weighted by atomic mass is 16.6. The van der Waals surface area contributed by atoms with Crippen LogP contribution in [0.5, 0.6) is 0 Å². The molecule has 9 atom stereocenters. The summed E-state index contributed by atoms with van der Waals surface area (Å²) in [6, 6.07) is -0.151. The number of methoxy groups -OCH3 is 1. The first kappa shape index (κ1) is 42.2. The number of aliphatic hydroxyl groups excluding tert-OH is 1. The molecule has 0 aliphatic carbocycles. The minimum Gasteiger partial charge on any atom is -0.442 e. The highest BCUT2D eigenvalue weighted by Crippen LogP contribution is 2.34. The van der Waals surface area contributed by atoms with E-state index < -0.39 is 30.0 Å². The van der Waals surface area contributed by atoms with Crippen LogP contribution in [0.3, 0.4) is 0 Å². The number of aliphatic hydroxyl groups is 1. The normalized spacial score (nSPS) is 30.9. The molecule has 0 aromatic carbocycles. The standard InChI is InChI=1S/C38H62N4O9/c1-8-33(43)39-18-19-40-35(45)23-29-24-38(6,48-7)36(46)32(51-29)16-13-25(2)12-15-31-26(3)22-30(28(5)50-31)41-34(44)17-14-27(4)49-37(47)42-20-10-9-11-21-42/h12-14,16-17,26-32,36,46H,8-11,15,18-24H2,1-7H3,(H,39,43)(H,40,45)(H,41,44)/b16-13+,17-14-,25-12+/t26-,27-,28+,29+,30+,31-,32+,36+,38-/m0/s1. The molecule has 0 bridgehead atoms. The van der Waals surface area contributed by atoms with Gasteiger partial charge in [0, 0.05) is 52.2 Å². The molecule has 0 radical (unpaired) electrons. The van der Waals surface area contributed by atoms with Gasteiger partial charge in [0.1, 0.15) is 18.3 Å². The number of ether oxygens (including phenoxy) is 4. The number of carbonyl (C=O) groups excluding carboxylic acids is 4. The third-order valence-corrected chi connectivity index (χ3v) is 10.1. The van der Waals surface area contributed by atoms with Crippen molar-refractivity contribution < 1.29 is 43.2 Å². The summed E-state index contributed by atoms with van der Waals surface area (Å²) < 4.78 is 23.7. The summed E-state index contributed by atoms with van der Waals surface area (Å²) in [5.41, 5.74) is 0.0737. The van der Waals surface area contributed by atoms with Crippen molar-refractivity contribution in [3.05, 3.63) is 36.0 Å². The van der Waals surface area contributed by atoms with E-state index in [2.05, 4.69) is 29.0 Å². The van der Waals surface area contributed by atoms with Crippen LogP contribution in [-0.2, 0) is 33.3 Å². The van der Waals surface area contributed by atoms with Gasteiger partial charge in [-0.25, -0.2) is 4.79 Å². The number of nitrogens with zero attached hydrogens (tertiary/aromatic N) is 1. The first-order valence-electron chi connectivity index (χ1n) is 18.6. The van der Waals surface area contributed by atoms with Crippen LogP contribution in [0, 0.1) is 5.92 Å². The van der Waals surface area contributed by atoms with Crippen molar-refractivity contribution in [2.24, 2.45) is 5.92 Å². The molecule has 3 fully saturated rings. The van der Waals surface area contributed by atoms with Gasteiger partial charge in [-0.3, -0.25) is 14.4 Å². The lowest BCUT2D eigenvalue weighted by Gasteiger charge is -2.44. The van der Waals surface area contributed by atoms with E-state index in [0.29, 0.717) is 45.4 Å². The molecule has 3 saturated heterocycles. The van der Waals surface area contributed by atoms with Crippen LogP contribution in [0.4, 0.5) is 4.79 Å². The van der Waals surface area contributed by atoms with Crippen LogP contribution in [0.2, 0.25) is 0 Å². The van der Waals surface area contributed by atoms with Crippen LogP contribution < -0.4 is 16.0 Å². The monoisotopic (exact) mass is 718 g/mol. The topological polar surface area (TPSA) is 165 Å². The van der Waals surface area contributed by atoms with Gasteiger partial charge in [-0.15, -0.1) is 0 Å². The Morgan fingerprint density at radius 2 is 1.73 bits per heavy atom. The lowest BCUT2D eigenvalue weighted by Crippen LogP contribution is -2.56. The van der Waals surface area contributed by atoms with E-state index in [9.17, 15) is 24.3 Å². The summed E-state index contributed by atoms with van der Waals surface area (Å²) in [5, 5.41) is 19.7. The van der Waals surface area contributed by atoms with Crippen molar-refractivity contribution in [3.63, 3.8) is 0 Å². The fourth-order valence-corrected chi connectivity index (χ4v) is 6.68. The summed E-state index contributed by atoms with van der Waals surface area (Å²) in [4.78, 5) is 50.7. The van der Waals surface area contributed by atoms with E-state index >= 15 is 0 Å². The van der Waals surface area contributed by atoms with Crippen molar-refractivity contribution in [3.8, 4) is 0 Å². The fourth-order valence-electron chi connectivity index (χ4n) is 6.68. The van der Waals surface area contributed by atoms with Crippen LogP contribution in [0.15, 0.2) is 36.0 Å². The molecule has 4 amide bonds. The molecule has 0 aromatic heterocycles. The predicted molar refractivity (Wildman–Crippen MR) is 194 cm³/mol. The van der Waals surface area contributed by atoms with Crippen LogP contribution in [-0.4, -0.2) is 115 Å². The van der Waals surface area contributed by atoms with Crippen molar-refractivity contribution >= 4 is 23.8 Å².